The van der Waals surface area contributed by atoms with Crippen molar-refractivity contribution in [2.75, 3.05) is 6.61 Å². The Morgan fingerprint density at radius 1 is 1.09 bits per heavy atom. The molecule has 1 aliphatic heterocycles. The Morgan fingerprint density at radius 3 is 2.09 bits per heavy atom. The van der Waals surface area contributed by atoms with E-state index in [1.807, 2.05) is 41.5 Å². The minimum atomic E-state index is -0.402. The summed E-state index contributed by atoms with van der Waals surface area (Å²) < 4.78 is 17.2. The topological polar surface area (TPSA) is 44.8 Å². The highest BCUT2D eigenvalue weighted by atomic mass is 16.7. The number of hydrogen-bond donors (Lipinski definition) is 0. The minimum Gasteiger partial charge on any atom is -0.463 e. The fourth-order valence-corrected chi connectivity index (χ4v) is 2.46. The quantitative estimate of drug-likeness (QED) is 0.402. The van der Waals surface area contributed by atoms with Gasteiger partial charge < -0.3 is 14.0 Å². The maximum absolute atomic E-state index is 12.3. The van der Waals surface area contributed by atoms with Crippen molar-refractivity contribution in [3.8, 4) is 0 Å². The molecule has 22 heavy (non-hydrogen) atoms. The van der Waals surface area contributed by atoms with Crippen molar-refractivity contribution < 1.29 is 18.8 Å². The lowest BCUT2D eigenvalue weighted by Crippen LogP contribution is -2.41. The summed E-state index contributed by atoms with van der Waals surface area (Å²) in [5, 5.41) is 0. The van der Waals surface area contributed by atoms with Crippen molar-refractivity contribution in [2.24, 2.45) is 0 Å². The summed E-state index contributed by atoms with van der Waals surface area (Å²) in [5.41, 5.74) is 1.02. The van der Waals surface area contributed by atoms with Gasteiger partial charge in [-0.3, -0.25) is 0 Å². The predicted octanol–water partition coefficient (Wildman–Crippen LogP) is 4.15. The number of allylic oxidation sites excluding steroid dienone is 1. The SMILES string of the molecule is CCCC/C(C)=C(\CB1OC(C)(C)C(C)(C)O1)C(=O)OCC. The van der Waals surface area contributed by atoms with Gasteiger partial charge in [0.2, 0.25) is 0 Å². The molecular formula is C17H31BO4. The van der Waals surface area contributed by atoms with E-state index in [9.17, 15) is 4.79 Å². The molecule has 1 aliphatic rings. The second kappa shape index (κ2) is 7.65. The van der Waals surface area contributed by atoms with Gasteiger partial charge in [0.05, 0.1) is 17.8 Å². The van der Waals surface area contributed by atoms with Crippen molar-refractivity contribution in [2.45, 2.75) is 85.3 Å². The fourth-order valence-electron chi connectivity index (χ4n) is 2.46. The lowest BCUT2D eigenvalue weighted by Gasteiger charge is -2.32. The van der Waals surface area contributed by atoms with Crippen molar-refractivity contribution in [1.82, 2.24) is 0 Å². The maximum Gasteiger partial charge on any atom is 0.462 e. The molecule has 0 amide bonds. The molecular weight excluding hydrogens is 279 g/mol. The molecule has 0 spiro atoms. The predicted molar refractivity (Wildman–Crippen MR) is 89.7 cm³/mol. The highest BCUT2D eigenvalue weighted by molar-refractivity contribution is 6.47. The van der Waals surface area contributed by atoms with Gasteiger partial charge in [-0.15, -0.1) is 0 Å². The molecule has 5 heteroatoms. The zero-order chi connectivity index (χ0) is 17.0. The average molecular weight is 310 g/mol. The zero-order valence-corrected chi connectivity index (χ0v) is 15.2. The highest BCUT2D eigenvalue weighted by Gasteiger charge is 2.51. The summed E-state index contributed by atoms with van der Waals surface area (Å²) >= 11 is 0. The first-order valence-corrected chi connectivity index (χ1v) is 8.36. The number of unbranched alkanes of at least 4 members (excludes halogenated alkanes) is 1. The molecule has 0 bridgehead atoms. The van der Waals surface area contributed by atoms with Crippen LogP contribution < -0.4 is 0 Å². The molecule has 0 aliphatic carbocycles. The highest BCUT2D eigenvalue weighted by Crippen LogP contribution is 2.39. The number of ether oxygens (including phenoxy) is 1. The third-order valence-electron chi connectivity index (χ3n) is 4.62. The van der Waals surface area contributed by atoms with Crippen LogP contribution in [0.1, 0.15) is 67.7 Å². The molecule has 0 atom stereocenters. The molecule has 4 nitrogen and oxygen atoms in total. The summed E-state index contributed by atoms with van der Waals surface area (Å²) in [6, 6.07) is 0. The van der Waals surface area contributed by atoms with Gasteiger partial charge in [0.1, 0.15) is 0 Å². The van der Waals surface area contributed by atoms with Crippen LogP contribution in [0.5, 0.6) is 0 Å². The Hall–Kier alpha value is -0.805. The summed E-state index contributed by atoms with van der Waals surface area (Å²) in [4.78, 5) is 12.3. The number of esters is 1. The normalized spacial score (nSPS) is 20.8. The molecule has 0 saturated carbocycles. The van der Waals surface area contributed by atoms with Crippen LogP contribution in [0.4, 0.5) is 0 Å². The van der Waals surface area contributed by atoms with Gasteiger partial charge in [-0.2, -0.15) is 0 Å². The van der Waals surface area contributed by atoms with Crippen LogP contribution in [0.3, 0.4) is 0 Å². The van der Waals surface area contributed by atoms with E-state index in [1.165, 1.54) is 0 Å². The van der Waals surface area contributed by atoms with Gasteiger partial charge in [0.25, 0.3) is 0 Å². The minimum absolute atomic E-state index is 0.245. The summed E-state index contributed by atoms with van der Waals surface area (Å²) in [7, 11) is -0.402. The standard InChI is InChI=1S/C17H31BO4/c1-8-10-11-13(3)14(15(19)20-9-2)12-18-21-16(4,5)17(6,7)22-18/h8-12H2,1-7H3/b14-13+. The van der Waals surface area contributed by atoms with Gasteiger partial charge in [-0.25, -0.2) is 4.79 Å². The summed E-state index contributed by atoms with van der Waals surface area (Å²) in [5.74, 6) is -0.245. The average Bonchev–Trinajstić information content (AvgIpc) is 2.61. The fraction of sp³-hybridized carbons (Fsp3) is 0.824. The van der Waals surface area contributed by atoms with E-state index in [0.29, 0.717) is 18.5 Å². The monoisotopic (exact) mass is 310 g/mol. The molecule has 1 heterocycles. The Morgan fingerprint density at radius 2 is 1.64 bits per heavy atom. The van der Waals surface area contributed by atoms with E-state index in [-0.39, 0.29) is 17.2 Å². The molecule has 0 aromatic rings. The van der Waals surface area contributed by atoms with E-state index in [2.05, 4.69) is 6.92 Å². The van der Waals surface area contributed by atoms with E-state index in [0.717, 1.165) is 24.8 Å². The zero-order valence-electron chi connectivity index (χ0n) is 15.2. The number of carbonyl (C=O) groups excluding carboxylic acids is 1. The Labute approximate surface area is 135 Å². The molecule has 1 rings (SSSR count). The van der Waals surface area contributed by atoms with Crippen LogP contribution in [0.2, 0.25) is 6.32 Å². The van der Waals surface area contributed by atoms with Crippen LogP contribution in [-0.2, 0) is 18.8 Å². The molecule has 0 N–H and O–H groups in total. The Balaban J connectivity index is 2.89. The van der Waals surface area contributed by atoms with Gasteiger partial charge in [0, 0.05) is 11.9 Å². The largest absolute Gasteiger partial charge is 0.463 e. The van der Waals surface area contributed by atoms with Gasteiger partial charge in [-0.05, 0) is 54.4 Å². The van der Waals surface area contributed by atoms with Crippen molar-refractivity contribution >= 4 is 13.1 Å². The van der Waals surface area contributed by atoms with Crippen LogP contribution >= 0.6 is 0 Å². The third-order valence-corrected chi connectivity index (χ3v) is 4.62. The first-order chi connectivity index (χ1) is 10.1. The van der Waals surface area contributed by atoms with E-state index < -0.39 is 7.12 Å². The van der Waals surface area contributed by atoms with Gasteiger partial charge >= 0.3 is 13.1 Å². The lowest BCUT2D eigenvalue weighted by atomic mass is 9.78. The molecule has 1 saturated heterocycles. The number of rotatable bonds is 7. The molecule has 0 radical (unpaired) electrons. The summed E-state index contributed by atoms with van der Waals surface area (Å²) in [6.07, 6.45) is 3.52. The van der Waals surface area contributed by atoms with E-state index >= 15 is 0 Å². The second-order valence-corrected chi connectivity index (χ2v) is 6.97. The van der Waals surface area contributed by atoms with Crippen LogP contribution in [0.25, 0.3) is 0 Å². The maximum atomic E-state index is 12.3. The number of hydrogen-bond acceptors (Lipinski definition) is 4. The Kier molecular flexibility index (Phi) is 6.69. The van der Waals surface area contributed by atoms with E-state index in [4.69, 9.17) is 14.0 Å². The van der Waals surface area contributed by atoms with Gasteiger partial charge in [0.15, 0.2) is 0 Å². The van der Waals surface area contributed by atoms with Crippen molar-refractivity contribution in [3.63, 3.8) is 0 Å². The molecule has 0 unspecified atom stereocenters. The second-order valence-electron chi connectivity index (χ2n) is 6.97. The van der Waals surface area contributed by atoms with Crippen LogP contribution in [-0.4, -0.2) is 30.9 Å². The number of carbonyl (C=O) groups is 1. The van der Waals surface area contributed by atoms with Gasteiger partial charge in [-0.1, -0.05) is 18.9 Å². The van der Waals surface area contributed by atoms with Crippen molar-refractivity contribution in [3.05, 3.63) is 11.1 Å². The molecule has 126 valence electrons. The third kappa shape index (κ3) is 4.59. The molecule has 0 aromatic carbocycles. The molecule has 0 aromatic heterocycles. The van der Waals surface area contributed by atoms with Crippen molar-refractivity contribution in [1.29, 1.82) is 0 Å². The first-order valence-electron chi connectivity index (χ1n) is 8.36. The molecule has 1 fully saturated rings. The van der Waals surface area contributed by atoms with Crippen LogP contribution in [0, 0.1) is 0 Å². The lowest BCUT2D eigenvalue weighted by molar-refractivity contribution is -0.138. The Bertz CT molecular complexity index is 410. The smallest absolute Gasteiger partial charge is 0.462 e. The van der Waals surface area contributed by atoms with Crippen LogP contribution in [0.15, 0.2) is 11.1 Å². The van der Waals surface area contributed by atoms with E-state index in [1.54, 1.807) is 0 Å². The first kappa shape index (κ1) is 19.2. The summed E-state index contributed by atoms with van der Waals surface area (Å²) in [6.45, 7) is 14.4.